The summed E-state index contributed by atoms with van der Waals surface area (Å²) in [5, 5.41) is 14.4. The molecular weight excluding hydrogens is 290 g/mol. The average molecular weight is 311 g/mol. The van der Waals surface area contributed by atoms with Crippen LogP contribution in [0.25, 0.3) is 0 Å². The van der Waals surface area contributed by atoms with E-state index >= 15 is 0 Å². The second-order valence-corrected chi connectivity index (χ2v) is 5.58. The van der Waals surface area contributed by atoms with Crippen LogP contribution >= 0.6 is 0 Å². The predicted octanol–water partition coefficient (Wildman–Crippen LogP) is 2.53. The van der Waals surface area contributed by atoms with Gasteiger partial charge in [-0.15, -0.1) is 5.10 Å². The minimum atomic E-state index is -0.118. The van der Waals surface area contributed by atoms with Gasteiger partial charge in [-0.3, -0.25) is 4.79 Å². The number of aryl methyl sites for hydroxylation is 2. The summed E-state index contributed by atoms with van der Waals surface area (Å²) >= 11 is 0. The quantitative estimate of drug-likeness (QED) is 0.857. The lowest BCUT2D eigenvalue weighted by Gasteiger charge is -2.10. The molecule has 1 amide bonds. The molecule has 0 fully saturated rings. The molecule has 23 heavy (non-hydrogen) atoms. The van der Waals surface area contributed by atoms with Crippen LogP contribution in [0, 0.1) is 0 Å². The van der Waals surface area contributed by atoms with Crippen LogP contribution in [0.3, 0.4) is 0 Å². The van der Waals surface area contributed by atoms with E-state index in [9.17, 15) is 4.79 Å². The topological polar surface area (TPSA) is 79.8 Å². The summed E-state index contributed by atoms with van der Waals surface area (Å²) in [7, 11) is 0. The van der Waals surface area contributed by atoms with E-state index in [0.717, 1.165) is 35.5 Å². The van der Waals surface area contributed by atoms with E-state index in [0.29, 0.717) is 18.9 Å². The monoisotopic (exact) mass is 311 g/mol. The van der Waals surface area contributed by atoms with Gasteiger partial charge in [0.2, 0.25) is 11.9 Å². The molecule has 1 aliphatic rings. The largest absolute Gasteiger partial charge is 0.353 e. The van der Waals surface area contributed by atoms with Crippen LogP contribution in [0.5, 0.6) is 0 Å². The molecule has 1 aromatic carbocycles. The van der Waals surface area contributed by atoms with Gasteiger partial charge >= 0.3 is 0 Å². The number of nitrogens with one attached hydrogen (secondary N) is 2. The molecule has 2 heterocycles. The lowest BCUT2D eigenvalue weighted by molar-refractivity contribution is -0.117. The number of rotatable bonds is 6. The third-order valence-corrected chi connectivity index (χ3v) is 4.14. The van der Waals surface area contributed by atoms with E-state index < -0.39 is 0 Å². The van der Waals surface area contributed by atoms with Gasteiger partial charge in [0.15, 0.2) is 0 Å². The number of aromatic nitrogens is 3. The molecule has 1 unspecified atom stereocenters. The van der Waals surface area contributed by atoms with Gasteiger partial charge in [-0.25, -0.2) is 4.98 Å². The van der Waals surface area contributed by atoms with E-state index in [4.69, 9.17) is 0 Å². The van der Waals surface area contributed by atoms with Crippen molar-refractivity contribution in [2.75, 3.05) is 17.2 Å². The fraction of sp³-hybridized carbons (Fsp3) is 0.412. The molecular formula is C17H21N5O. The third-order valence-electron chi connectivity index (χ3n) is 4.14. The number of hydrogen-bond donors (Lipinski definition) is 2. The van der Waals surface area contributed by atoms with E-state index in [1.54, 1.807) is 0 Å². The molecule has 2 N–H and O–H groups in total. The summed E-state index contributed by atoms with van der Waals surface area (Å²) in [6.07, 6.45) is 2.37. The maximum Gasteiger partial charge on any atom is 0.242 e. The summed E-state index contributed by atoms with van der Waals surface area (Å²) in [6.45, 7) is 4.74. The molecule has 0 saturated carbocycles. The molecule has 2 aromatic rings. The molecule has 6 heteroatoms. The number of benzene rings is 1. The Morgan fingerprint density at radius 3 is 2.70 bits per heavy atom. The highest BCUT2D eigenvalue weighted by Crippen LogP contribution is 2.34. The summed E-state index contributed by atoms with van der Waals surface area (Å²) in [5.41, 5.74) is 3.91. The Bertz CT molecular complexity index is 716. The van der Waals surface area contributed by atoms with Crippen molar-refractivity contribution in [3.63, 3.8) is 0 Å². The van der Waals surface area contributed by atoms with Gasteiger partial charge in [0.1, 0.15) is 0 Å². The molecule has 1 aromatic heterocycles. The minimum absolute atomic E-state index is 0.0580. The van der Waals surface area contributed by atoms with E-state index in [-0.39, 0.29) is 11.8 Å². The lowest BCUT2D eigenvalue weighted by atomic mass is 9.97. The molecule has 0 radical (unpaired) electrons. The third kappa shape index (κ3) is 3.16. The molecule has 0 bridgehead atoms. The zero-order valence-electron chi connectivity index (χ0n) is 13.5. The molecule has 0 spiro atoms. The van der Waals surface area contributed by atoms with Gasteiger partial charge in [0, 0.05) is 12.2 Å². The fourth-order valence-electron chi connectivity index (χ4n) is 2.90. The first-order chi connectivity index (χ1) is 11.2. The fourth-order valence-corrected chi connectivity index (χ4v) is 2.90. The van der Waals surface area contributed by atoms with Gasteiger partial charge in [-0.2, -0.15) is 5.10 Å². The molecule has 0 saturated heterocycles. The predicted molar refractivity (Wildman–Crippen MR) is 89.5 cm³/mol. The van der Waals surface area contributed by atoms with Crippen molar-refractivity contribution in [2.45, 2.75) is 39.0 Å². The van der Waals surface area contributed by atoms with Gasteiger partial charge in [0.05, 0.1) is 17.3 Å². The highest BCUT2D eigenvalue weighted by atomic mass is 16.2. The number of fused-ring (bicyclic) bond motifs is 1. The Balaban J connectivity index is 1.63. The lowest BCUT2D eigenvalue weighted by Crippen LogP contribution is -2.17. The van der Waals surface area contributed by atoms with E-state index in [1.807, 2.05) is 31.2 Å². The summed E-state index contributed by atoms with van der Waals surface area (Å²) in [4.78, 5) is 16.6. The number of nitrogens with zero attached hydrogens (tertiary/aromatic N) is 3. The number of anilines is 2. The van der Waals surface area contributed by atoms with Crippen LogP contribution in [0.15, 0.2) is 24.3 Å². The van der Waals surface area contributed by atoms with Gasteiger partial charge in [-0.05, 0) is 30.9 Å². The highest BCUT2D eigenvalue weighted by molar-refractivity contribution is 6.02. The first-order valence-electron chi connectivity index (χ1n) is 8.09. The maximum atomic E-state index is 12.1. The summed E-state index contributed by atoms with van der Waals surface area (Å²) in [6, 6.07) is 7.83. The summed E-state index contributed by atoms with van der Waals surface area (Å²) in [5.74, 6) is 0.473. The normalized spacial score (nSPS) is 16.1. The smallest absolute Gasteiger partial charge is 0.242 e. The standard InChI is InChI=1S/C17H21N5O/c1-3-13-14(4-2)21-22-17(20-13)18-10-9-12-11-7-5-6-8-15(11)19-16(12)23/h5-8,12H,3-4,9-10H2,1-2H3,(H,19,23)(H,18,20,22). The Morgan fingerprint density at radius 1 is 1.13 bits per heavy atom. The van der Waals surface area contributed by atoms with Crippen LogP contribution in [-0.2, 0) is 17.6 Å². The molecule has 1 atom stereocenters. The molecule has 6 nitrogen and oxygen atoms in total. The van der Waals surface area contributed by atoms with Crippen LogP contribution < -0.4 is 10.6 Å². The zero-order chi connectivity index (χ0) is 16.2. The van der Waals surface area contributed by atoms with Crippen molar-refractivity contribution >= 4 is 17.5 Å². The Hall–Kier alpha value is -2.50. The van der Waals surface area contributed by atoms with Gasteiger partial charge < -0.3 is 10.6 Å². The Labute approximate surface area is 135 Å². The average Bonchev–Trinajstić information content (AvgIpc) is 2.90. The molecule has 1 aliphatic heterocycles. The number of carbonyl (C=O) groups is 1. The highest BCUT2D eigenvalue weighted by Gasteiger charge is 2.29. The van der Waals surface area contributed by atoms with Crippen LogP contribution in [0.1, 0.15) is 43.1 Å². The first-order valence-corrected chi connectivity index (χ1v) is 8.09. The first kappa shape index (κ1) is 15.4. The van der Waals surface area contributed by atoms with E-state index in [1.165, 1.54) is 0 Å². The Morgan fingerprint density at radius 2 is 1.91 bits per heavy atom. The number of carbonyl (C=O) groups excluding carboxylic acids is 1. The van der Waals surface area contributed by atoms with Crippen LogP contribution in [0.4, 0.5) is 11.6 Å². The van der Waals surface area contributed by atoms with Crippen molar-refractivity contribution in [2.24, 2.45) is 0 Å². The van der Waals surface area contributed by atoms with Gasteiger partial charge in [0.25, 0.3) is 0 Å². The molecule has 120 valence electrons. The number of para-hydroxylation sites is 1. The second kappa shape index (κ2) is 6.73. The van der Waals surface area contributed by atoms with Gasteiger partial charge in [-0.1, -0.05) is 32.0 Å². The number of amides is 1. The van der Waals surface area contributed by atoms with Crippen LogP contribution in [-0.4, -0.2) is 27.6 Å². The van der Waals surface area contributed by atoms with E-state index in [2.05, 4.69) is 32.7 Å². The molecule has 0 aliphatic carbocycles. The summed E-state index contributed by atoms with van der Waals surface area (Å²) < 4.78 is 0. The van der Waals surface area contributed by atoms with Crippen molar-refractivity contribution < 1.29 is 4.79 Å². The van der Waals surface area contributed by atoms with Crippen molar-refractivity contribution in [3.8, 4) is 0 Å². The minimum Gasteiger partial charge on any atom is -0.353 e. The zero-order valence-corrected chi connectivity index (χ0v) is 13.5. The maximum absolute atomic E-state index is 12.1. The SMILES string of the molecule is CCc1nnc(NCCC2C(=O)Nc3ccccc32)nc1CC. The van der Waals surface area contributed by atoms with Crippen molar-refractivity contribution in [1.82, 2.24) is 15.2 Å². The number of hydrogen-bond acceptors (Lipinski definition) is 5. The molecule has 3 rings (SSSR count). The Kier molecular flexibility index (Phi) is 4.50. The second-order valence-electron chi connectivity index (χ2n) is 5.58. The van der Waals surface area contributed by atoms with Crippen molar-refractivity contribution in [3.05, 3.63) is 41.2 Å². The van der Waals surface area contributed by atoms with Crippen molar-refractivity contribution in [1.29, 1.82) is 0 Å². The van der Waals surface area contributed by atoms with Crippen LogP contribution in [0.2, 0.25) is 0 Å².